The summed E-state index contributed by atoms with van der Waals surface area (Å²) in [7, 11) is 0. The van der Waals surface area contributed by atoms with Crippen LogP contribution in [0.3, 0.4) is 0 Å². The molecule has 0 fully saturated rings. The number of carbonyl (C=O) groups excluding carboxylic acids is 1. The minimum atomic E-state index is -0.425. The molecule has 58 valence electrons. The van der Waals surface area contributed by atoms with E-state index < -0.39 is 5.91 Å². The molecule has 0 bridgehead atoms. The van der Waals surface area contributed by atoms with Crippen molar-refractivity contribution in [1.82, 2.24) is 0 Å². The Bertz CT molecular complexity index is 161. The highest BCUT2D eigenvalue weighted by molar-refractivity contribution is 5.91. The summed E-state index contributed by atoms with van der Waals surface area (Å²) in [6, 6.07) is 0. The zero-order valence-electron chi connectivity index (χ0n) is 6.48. The lowest BCUT2D eigenvalue weighted by Gasteiger charge is -2.01. The normalized spacial score (nSPS) is 12.6. The molecule has 3 heteroatoms. The summed E-state index contributed by atoms with van der Waals surface area (Å²) < 4.78 is 0. The van der Waals surface area contributed by atoms with Crippen molar-refractivity contribution in [2.45, 2.75) is 26.7 Å². The standard InChI is InChI=1S/C7H14N2O/c1-3-4-6(8)5(2)7(9)10/h3-4,8H2,1-2H3,(H2,9,10)/b6-5+. The van der Waals surface area contributed by atoms with Gasteiger partial charge in [0.15, 0.2) is 0 Å². The molecule has 0 aliphatic rings. The molecule has 0 aromatic carbocycles. The molecule has 0 radical (unpaired) electrons. The number of primary amides is 1. The van der Waals surface area contributed by atoms with Crippen LogP contribution in [-0.2, 0) is 4.79 Å². The smallest absolute Gasteiger partial charge is 0.246 e. The summed E-state index contributed by atoms with van der Waals surface area (Å²) in [5.41, 5.74) is 11.6. The first-order valence-electron chi connectivity index (χ1n) is 3.34. The number of carbonyl (C=O) groups is 1. The van der Waals surface area contributed by atoms with Crippen molar-refractivity contribution in [1.29, 1.82) is 0 Å². The monoisotopic (exact) mass is 142 g/mol. The van der Waals surface area contributed by atoms with Crippen LogP contribution >= 0.6 is 0 Å². The molecule has 0 aromatic rings. The third kappa shape index (κ3) is 2.53. The SMILES string of the molecule is CCC/C(N)=C(/C)C(N)=O. The Morgan fingerprint density at radius 3 is 2.20 bits per heavy atom. The molecule has 4 N–H and O–H groups in total. The number of amides is 1. The largest absolute Gasteiger partial charge is 0.402 e. The van der Waals surface area contributed by atoms with Gasteiger partial charge in [-0.2, -0.15) is 0 Å². The molecule has 3 nitrogen and oxygen atoms in total. The second-order valence-electron chi connectivity index (χ2n) is 2.26. The van der Waals surface area contributed by atoms with Gasteiger partial charge in [0.25, 0.3) is 0 Å². The lowest BCUT2D eigenvalue weighted by Crippen LogP contribution is -2.16. The van der Waals surface area contributed by atoms with E-state index in [0.29, 0.717) is 11.3 Å². The van der Waals surface area contributed by atoms with Crippen molar-refractivity contribution in [2.75, 3.05) is 0 Å². The summed E-state index contributed by atoms with van der Waals surface area (Å²) in [4.78, 5) is 10.5. The average molecular weight is 142 g/mol. The lowest BCUT2D eigenvalue weighted by molar-refractivity contribution is -0.114. The summed E-state index contributed by atoms with van der Waals surface area (Å²) in [6.07, 6.45) is 1.69. The van der Waals surface area contributed by atoms with Crippen LogP contribution in [0.15, 0.2) is 11.3 Å². The summed E-state index contributed by atoms with van der Waals surface area (Å²) in [5.74, 6) is -0.425. The van der Waals surface area contributed by atoms with E-state index in [1.54, 1.807) is 6.92 Å². The minimum Gasteiger partial charge on any atom is -0.402 e. The number of allylic oxidation sites excluding steroid dienone is 1. The molecule has 10 heavy (non-hydrogen) atoms. The quantitative estimate of drug-likeness (QED) is 0.563. The van der Waals surface area contributed by atoms with Gasteiger partial charge in [0.2, 0.25) is 5.91 Å². The van der Waals surface area contributed by atoms with Gasteiger partial charge in [-0.3, -0.25) is 4.79 Å². The minimum absolute atomic E-state index is 0.425. The van der Waals surface area contributed by atoms with Gasteiger partial charge in [0.05, 0.1) is 0 Å². The molecule has 0 saturated heterocycles. The molecular formula is C7H14N2O. The predicted octanol–water partition coefficient (Wildman–Crippen LogP) is 0.505. The average Bonchev–Trinajstić information content (AvgIpc) is 1.87. The summed E-state index contributed by atoms with van der Waals surface area (Å²) in [5, 5.41) is 0. The second kappa shape index (κ2) is 3.93. The third-order valence-corrected chi connectivity index (χ3v) is 1.37. The maximum atomic E-state index is 10.5. The molecule has 0 atom stereocenters. The lowest BCUT2D eigenvalue weighted by atomic mass is 10.1. The van der Waals surface area contributed by atoms with E-state index >= 15 is 0 Å². The van der Waals surface area contributed by atoms with Gasteiger partial charge in [0, 0.05) is 11.3 Å². The van der Waals surface area contributed by atoms with E-state index in [-0.39, 0.29) is 0 Å². The number of nitrogens with two attached hydrogens (primary N) is 2. The van der Waals surface area contributed by atoms with Crippen LogP contribution in [0.25, 0.3) is 0 Å². The topological polar surface area (TPSA) is 69.1 Å². The van der Waals surface area contributed by atoms with E-state index in [0.717, 1.165) is 12.8 Å². The van der Waals surface area contributed by atoms with Gasteiger partial charge in [0.1, 0.15) is 0 Å². The highest BCUT2D eigenvalue weighted by atomic mass is 16.1. The highest BCUT2D eigenvalue weighted by Crippen LogP contribution is 2.03. The van der Waals surface area contributed by atoms with Gasteiger partial charge in [-0.05, 0) is 13.3 Å². The molecule has 1 amide bonds. The van der Waals surface area contributed by atoms with Gasteiger partial charge in [-0.1, -0.05) is 13.3 Å². The van der Waals surface area contributed by atoms with Gasteiger partial charge >= 0.3 is 0 Å². The predicted molar refractivity (Wildman–Crippen MR) is 41.0 cm³/mol. The Morgan fingerprint density at radius 2 is 1.90 bits per heavy atom. The van der Waals surface area contributed by atoms with Crippen LogP contribution in [-0.4, -0.2) is 5.91 Å². The fourth-order valence-corrected chi connectivity index (χ4v) is 0.615. The molecule has 0 unspecified atom stereocenters. The molecule has 0 heterocycles. The van der Waals surface area contributed by atoms with Crippen molar-refractivity contribution < 1.29 is 4.79 Å². The maximum absolute atomic E-state index is 10.5. The van der Waals surface area contributed by atoms with Crippen molar-refractivity contribution in [3.8, 4) is 0 Å². The van der Waals surface area contributed by atoms with Crippen LogP contribution < -0.4 is 11.5 Å². The number of rotatable bonds is 3. The Morgan fingerprint density at radius 1 is 1.40 bits per heavy atom. The first-order valence-corrected chi connectivity index (χ1v) is 3.34. The van der Waals surface area contributed by atoms with Crippen LogP contribution in [0, 0.1) is 0 Å². The second-order valence-corrected chi connectivity index (χ2v) is 2.26. The van der Waals surface area contributed by atoms with E-state index in [1.807, 2.05) is 6.92 Å². The van der Waals surface area contributed by atoms with Crippen LogP contribution in [0.2, 0.25) is 0 Å². The van der Waals surface area contributed by atoms with E-state index in [9.17, 15) is 4.79 Å². The molecular weight excluding hydrogens is 128 g/mol. The first kappa shape index (κ1) is 9.01. The van der Waals surface area contributed by atoms with Crippen LogP contribution in [0.1, 0.15) is 26.7 Å². The van der Waals surface area contributed by atoms with Gasteiger partial charge in [-0.25, -0.2) is 0 Å². The molecule has 0 saturated carbocycles. The highest BCUT2D eigenvalue weighted by Gasteiger charge is 2.01. The van der Waals surface area contributed by atoms with Crippen molar-refractivity contribution >= 4 is 5.91 Å². The summed E-state index contributed by atoms with van der Waals surface area (Å²) >= 11 is 0. The fraction of sp³-hybridized carbons (Fsp3) is 0.571. The Labute approximate surface area is 61.1 Å². The van der Waals surface area contributed by atoms with Crippen LogP contribution in [0.4, 0.5) is 0 Å². The Kier molecular flexibility index (Phi) is 3.54. The van der Waals surface area contributed by atoms with E-state index in [2.05, 4.69) is 0 Å². The fourth-order valence-electron chi connectivity index (χ4n) is 0.615. The zero-order valence-corrected chi connectivity index (χ0v) is 6.48. The summed E-state index contributed by atoms with van der Waals surface area (Å²) in [6.45, 7) is 3.65. The van der Waals surface area contributed by atoms with Gasteiger partial charge in [-0.15, -0.1) is 0 Å². The van der Waals surface area contributed by atoms with Crippen molar-refractivity contribution in [3.63, 3.8) is 0 Å². The van der Waals surface area contributed by atoms with Crippen molar-refractivity contribution in [2.24, 2.45) is 11.5 Å². The Balaban J connectivity index is 4.19. The van der Waals surface area contributed by atoms with Crippen molar-refractivity contribution in [3.05, 3.63) is 11.3 Å². The molecule has 0 rings (SSSR count). The first-order chi connectivity index (χ1) is 4.59. The molecule has 0 aliphatic carbocycles. The maximum Gasteiger partial charge on any atom is 0.246 e. The number of hydrogen-bond acceptors (Lipinski definition) is 2. The number of hydrogen-bond donors (Lipinski definition) is 2. The van der Waals surface area contributed by atoms with Crippen LogP contribution in [0.5, 0.6) is 0 Å². The third-order valence-electron chi connectivity index (χ3n) is 1.37. The zero-order chi connectivity index (χ0) is 8.15. The van der Waals surface area contributed by atoms with Gasteiger partial charge < -0.3 is 11.5 Å². The molecule has 0 spiro atoms. The molecule has 0 aromatic heterocycles. The van der Waals surface area contributed by atoms with E-state index in [1.165, 1.54) is 0 Å². The Hall–Kier alpha value is -0.990. The van der Waals surface area contributed by atoms with E-state index in [4.69, 9.17) is 11.5 Å². The molecule has 0 aliphatic heterocycles.